The Hall–Kier alpha value is -1.98. The van der Waals surface area contributed by atoms with E-state index >= 15 is 0 Å². The van der Waals surface area contributed by atoms with Crippen LogP contribution < -0.4 is 5.32 Å². The smallest absolute Gasteiger partial charge is 0.257 e. The second-order valence-corrected chi connectivity index (χ2v) is 5.31. The van der Waals surface area contributed by atoms with Crippen LogP contribution in [0, 0.1) is 5.82 Å². The summed E-state index contributed by atoms with van der Waals surface area (Å²) >= 11 is 0. The molecule has 0 aliphatic carbocycles. The van der Waals surface area contributed by atoms with Crippen molar-refractivity contribution in [2.45, 2.75) is 26.3 Å². The zero-order chi connectivity index (χ0) is 14.6. The van der Waals surface area contributed by atoms with Gasteiger partial charge in [-0.25, -0.2) is 4.39 Å². The van der Waals surface area contributed by atoms with Crippen LogP contribution in [-0.4, -0.2) is 40.8 Å². The molecule has 1 aromatic rings. The maximum absolute atomic E-state index is 13.4. The summed E-state index contributed by atoms with van der Waals surface area (Å²) in [6, 6.07) is 1.29. The zero-order valence-corrected chi connectivity index (χ0v) is 11.5. The molecule has 0 aliphatic heterocycles. The first-order chi connectivity index (χ1) is 8.70. The molecule has 0 saturated carbocycles. The van der Waals surface area contributed by atoms with Gasteiger partial charge in [-0.3, -0.25) is 14.6 Å². The fraction of sp³-hybridized carbons (Fsp3) is 0.462. The number of halogens is 1. The summed E-state index contributed by atoms with van der Waals surface area (Å²) in [6.07, 6.45) is 2.30. The van der Waals surface area contributed by atoms with Crippen molar-refractivity contribution in [3.05, 3.63) is 29.8 Å². The lowest BCUT2D eigenvalue weighted by molar-refractivity contribution is -0.122. The van der Waals surface area contributed by atoms with Crippen molar-refractivity contribution in [2.24, 2.45) is 0 Å². The largest absolute Gasteiger partial charge is 0.350 e. The van der Waals surface area contributed by atoms with Crippen LogP contribution in [0.3, 0.4) is 0 Å². The molecule has 104 valence electrons. The molecule has 0 radical (unpaired) electrons. The molecule has 0 aliphatic rings. The Balaban J connectivity index is 2.69. The van der Waals surface area contributed by atoms with Gasteiger partial charge in [0.25, 0.3) is 5.91 Å². The van der Waals surface area contributed by atoms with E-state index < -0.39 is 11.7 Å². The highest BCUT2D eigenvalue weighted by Crippen LogP contribution is 2.07. The average molecular weight is 267 g/mol. The number of rotatable bonds is 3. The Labute approximate surface area is 111 Å². The molecule has 19 heavy (non-hydrogen) atoms. The van der Waals surface area contributed by atoms with Gasteiger partial charge in [-0.05, 0) is 26.8 Å². The second-order valence-electron chi connectivity index (χ2n) is 5.31. The van der Waals surface area contributed by atoms with Gasteiger partial charge in [0.2, 0.25) is 5.91 Å². The molecule has 0 atom stereocenters. The SMILES string of the molecule is CN(CC(=O)NC(C)(C)C)C(=O)c1ccncc1F. The Kier molecular flexibility index (Phi) is 4.58. The van der Waals surface area contributed by atoms with Crippen LogP contribution in [0.25, 0.3) is 0 Å². The van der Waals surface area contributed by atoms with Crippen molar-refractivity contribution >= 4 is 11.8 Å². The van der Waals surface area contributed by atoms with Crippen molar-refractivity contribution < 1.29 is 14.0 Å². The van der Waals surface area contributed by atoms with Gasteiger partial charge in [-0.2, -0.15) is 0 Å². The van der Waals surface area contributed by atoms with E-state index in [9.17, 15) is 14.0 Å². The van der Waals surface area contributed by atoms with Gasteiger partial charge in [-0.1, -0.05) is 0 Å². The summed E-state index contributed by atoms with van der Waals surface area (Å²) in [5.41, 5.74) is -0.468. The molecule has 1 heterocycles. The number of likely N-dealkylation sites (N-methyl/N-ethyl adjacent to an activating group) is 1. The third kappa shape index (κ3) is 4.65. The molecule has 0 unspecified atom stereocenters. The molecule has 0 spiro atoms. The predicted octanol–water partition coefficient (Wildman–Crippen LogP) is 1.21. The number of hydrogen-bond donors (Lipinski definition) is 1. The highest BCUT2D eigenvalue weighted by molar-refractivity contribution is 5.96. The van der Waals surface area contributed by atoms with Gasteiger partial charge in [0.05, 0.1) is 18.3 Å². The van der Waals surface area contributed by atoms with Crippen LogP contribution in [0.5, 0.6) is 0 Å². The molecule has 0 saturated heterocycles. The minimum absolute atomic E-state index is 0.0962. The number of carbonyl (C=O) groups is 2. The Morgan fingerprint density at radius 2 is 2.05 bits per heavy atom. The minimum atomic E-state index is -0.699. The fourth-order valence-corrected chi connectivity index (χ4v) is 1.50. The normalized spacial score (nSPS) is 11.0. The molecule has 2 amide bonds. The van der Waals surface area contributed by atoms with Crippen LogP contribution in [0.15, 0.2) is 18.5 Å². The zero-order valence-electron chi connectivity index (χ0n) is 11.5. The highest BCUT2D eigenvalue weighted by atomic mass is 19.1. The van der Waals surface area contributed by atoms with Crippen molar-refractivity contribution in [1.29, 1.82) is 0 Å². The molecule has 1 aromatic heterocycles. The van der Waals surface area contributed by atoms with Crippen molar-refractivity contribution in [2.75, 3.05) is 13.6 Å². The van der Waals surface area contributed by atoms with E-state index in [4.69, 9.17) is 0 Å². The van der Waals surface area contributed by atoms with Crippen LogP contribution in [0.1, 0.15) is 31.1 Å². The summed E-state index contributed by atoms with van der Waals surface area (Å²) in [4.78, 5) is 28.4. The van der Waals surface area contributed by atoms with E-state index in [1.54, 1.807) is 0 Å². The predicted molar refractivity (Wildman–Crippen MR) is 69.1 cm³/mol. The summed E-state index contributed by atoms with van der Waals surface area (Å²) in [6.45, 7) is 5.40. The summed E-state index contributed by atoms with van der Waals surface area (Å²) in [5.74, 6) is -1.54. The summed E-state index contributed by atoms with van der Waals surface area (Å²) < 4.78 is 13.4. The van der Waals surface area contributed by atoms with Crippen molar-refractivity contribution in [1.82, 2.24) is 15.2 Å². The molecule has 6 heteroatoms. The first kappa shape index (κ1) is 15.1. The Morgan fingerprint density at radius 3 is 2.58 bits per heavy atom. The number of carbonyl (C=O) groups excluding carboxylic acids is 2. The van der Waals surface area contributed by atoms with E-state index in [1.807, 2.05) is 20.8 Å². The van der Waals surface area contributed by atoms with Gasteiger partial charge in [0.15, 0.2) is 5.82 Å². The third-order valence-corrected chi connectivity index (χ3v) is 2.24. The lowest BCUT2D eigenvalue weighted by Crippen LogP contribution is -2.46. The standard InChI is InChI=1S/C13H18FN3O2/c1-13(2,3)16-11(18)8-17(4)12(19)9-5-6-15-7-10(9)14/h5-7H,8H2,1-4H3,(H,16,18). The van der Waals surface area contributed by atoms with E-state index in [0.29, 0.717) is 0 Å². The lowest BCUT2D eigenvalue weighted by Gasteiger charge is -2.23. The number of aromatic nitrogens is 1. The van der Waals surface area contributed by atoms with Crippen LogP contribution >= 0.6 is 0 Å². The number of nitrogens with one attached hydrogen (secondary N) is 1. The lowest BCUT2D eigenvalue weighted by atomic mass is 10.1. The van der Waals surface area contributed by atoms with E-state index in [0.717, 1.165) is 6.20 Å². The van der Waals surface area contributed by atoms with Gasteiger partial charge in [0.1, 0.15) is 0 Å². The highest BCUT2D eigenvalue weighted by Gasteiger charge is 2.20. The topological polar surface area (TPSA) is 62.3 Å². The monoisotopic (exact) mass is 267 g/mol. The van der Waals surface area contributed by atoms with Crippen molar-refractivity contribution in [3.8, 4) is 0 Å². The second kappa shape index (κ2) is 5.77. The van der Waals surface area contributed by atoms with E-state index in [-0.39, 0.29) is 23.6 Å². The number of hydrogen-bond acceptors (Lipinski definition) is 3. The maximum Gasteiger partial charge on any atom is 0.257 e. The third-order valence-electron chi connectivity index (χ3n) is 2.24. The van der Waals surface area contributed by atoms with Gasteiger partial charge < -0.3 is 10.2 Å². The van der Waals surface area contributed by atoms with E-state index in [1.165, 1.54) is 24.2 Å². The molecule has 1 rings (SSSR count). The molecule has 5 nitrogen and oxygen atoms in total. The summed E-state index contributed by atoms with van der Waals surface area (Å²) in [7, 11) is 1.45. The van der Waals surface area contributed by atoms with Crippen molar-refractivity contribution in [3.63, 3.8) is 0 Å². The quantitative estimate of drug-likeness (QED) is 0.895. The molecular formula is C13H18FN3O2. The number of amides is 2. The average Bonchev–Trinajstić information content (AvgIpc) is 2.26. The first-order valence-electron chi connectivity index (χ1n) is 5.86. The van der Waals surface area contributed by atoms with Gasteiger partial charge >= 0.3 is 0 Å². The minimum Gasteiger partial charge on any atom is -0.350 e. The fourth-order valence-electron chi connectivity index (χ4n) is 1.50. The van der Waals surface area contributed by atoms with Crippen LogP contribution in [-0.2, 0) is 4.79 Å². The molecule has 0 aromatic carbocycles. The molecule has 1 N–H and O–H groups in total. The van der Waals surface area contributed by atoms with Crippen LogP contribution in [0.4, 0.5) is 4.39 Å². The van der Waals surface area contributed by atoms with E-state index in [2.05, 4.69) is 10.3 Å². The van der Waals surface area contributed by atoms with Gasteiger partial charge in [-0.15, -0.1) is 0 Å². The van der Waals surface area contributed by atoms with Gasteiger partial charge in [0, 0.05) is 18.8 Å². The number of nitrogens with zero attached hydrogens (tertiary/aromatic N) is 2. The summed E-state index contributed by atoms with van der Waals surface area (Å²) in [5, 5.41) is 2.73. The molecular weight excluding hydrogens is 249 g/mol. The maximum atomic E-state index is 13.4. The first-order valence-corrected chi connectivity index (χ1v) is 5.86. The van der Waals surface area contributed by atoms with Crippen LogP contribution in [0.2, 0.25) is 0 Å². The Bertz CT molecular complexity index is 483. The molecule has 0 bridgehead atoms. The Morgan fingerprint density at radius 1 is 1.42 bits per heavy atom. The molecule has 0 fully saturated rings. The number of pyridine rings is 1.